The summed E-state index contributed by atoms with van der Waals surface area (Å²) >= 11 is 0. The molecular weight excluding hydrogens is 253 g/mol. The molecule has 0 aliphatic carbocycles. The molecule has 5 heteroatoms. The van der Waals surface area contributed by atoms with Gasteiger partial charge in [-0.25, -0.2) is 4.39 Å². The minimum Gasteiger partial charge on any atom is -0.377 e. The molecule has 2 atom stereocenters. The molecule has 0 spiro atoms. The van der Waals surface area contributed by atoms with Gasteiger partial charge in [0.05, 0.1) is 17.4 Å². The Kier molecular flexibility index (Phi) is 4.45. The average Bonchev–Trinajstić information content (AvgIpc) is 2.84. The molecule has 0 radical (unpaired) electrons. The van der Waals surface area contributed by atoms with Crippen molar-refractivity contribution in [3.8, 4) is 6.07 Å². The van der Waals surface area contributed by atoms with E-state index in [1.165, 1.54) is 12.1 Å². The van der Waals surface area contributed by atoms with Gasteiger partial charge in [-0.2, -0.15) is 5.26 Å². The average molecular weight is 267 g/mol. The van der Waals surface area contributed by atoms with E-state index in [2.05, 4.69) is 0 Å². The second kappa shape index (κ2) is 6.07. The van der Waals surface area contributed by atoms with Crippen molar-refractivity contribution in [2.24, 2.45) is 0 Å². The maximum atomic E-state index is 13.1. The van der Waals surface area contributed by atoms with E-state index in [0.717, 1.165) is 25.0 Å². The number of halogens is 1. The van der Waals surface area contributed by atoms with Gasteiger partial charge in [-0.15, -0.1) is 0 Å². The van der Waals surface area contributed by atoms with Crippen LogP contribution < -0.4 is 0 Å². The van der Waals surface area contributed by atoms with Crippen LogP contribution in [0.2, 0.25) is 0 Å². The molecule has 1 aromatic carbocycles. The zero-order valence-electron chi connectivity index (χ0n) is 9.89. The summed E-state index contributed by atoms with van der Waals surface area (Å²) in [6.07, 6.45) is 2.07. The van der Waals surface area contributed by atoms with Crippen molar-refractivity contribution in [2.75, 3.05) is 12.4 Å². The Bertz CT molecular complexity index is 492. The fourth-order valence-corrected chi connectivity index (χ4v) is 3.32. The Labute approximate surface area is 108 Å². The number of hydrogen-bond donors (Lipinski definition) is 0. The number of ether oxygens (including phenoxy) is 1. The van der Waals surface area contributed by atoms with Gasteiger partial charge in [0.15, 0.2) is 0 Å². The number of rotatable bonds is 4. The van der Waals surface area contributed by atoms with Crippen LogP contribution in [0.15, 0.2) is 18.2 Å². The predicted molar refractivity (Wildman–Crippen MR) is 66.8 cm³/mol. The summed E-state index contributed by atoms with van der Waals surface area (Å²) in [5.41, 5.74) is 0.728. The monoisotopic (exact) mass is 267 g/mol. The molecule has 96 valence electrons. The van der Waals surface area contributed by atoms with Crippen molar-refractivity contribution >= 4 is 10.8 Å². The van der Waals surface area contributed by atoms with Crippen molar-refractivity contribution in [3.63, 3.8) is 0 Å². The summed E-state index contributed by atoms with van der Waals surface area (Å²) in [4.78, 5) is 0. The van der Waals surface area contributed by atoms with E-state index in [1.54, 1.807) is 12.1 Å². The minimum absolute atomic E-state index is 0.00150. The lowest BCUT2D eigenvalue weighted by Crippen LogP contribution is -2.16. The van der Waals surface area contributed by atoms with Crippen LogP contribution in [0.3, 0.4) is 0 Å². The van der Waals surface area contributed by atoms with Crippen LogP contribution in [0.25, 0.3) is 0 Å². The highest BCUT2D eigenvalue weighted by atomic mass is 32.2. The zero-order chi connectivity index (χ0) is 13.0. The molecule has 0 amide bonds. The Morgan fingerprint density at radius 1 is 1.56 bits per heavy atom. The van der Waals surface area contributed by atoms with Crippen LogP contribution in [0.4, 0.5) is 4.39 Å². The van der Waals surface area contributed by atoms with Crippen LogP contribution in [0.1, 0.15) is 24.0 Å². The molecule has 2 rings (SSSR count). The Hall–Kier alpha value is -1.25. The Balaban J connectivity index is 1.96. The first-order valence-corrected chi connectivity index (χ1v) is 7.33. The molecule has 0 aromatic heterocycles. The molecule has 1 heterocycles. The van der Waals surface area contributed by atoms with Gasteiger partial charge in [0, 0.05) is 23.2 Å². The summed E-state index contributed by atoms with van der Waals surface area (Å²) in [6.45, 7) is 0.747. The standard InChI is InChI=1S/C13H14FNO2S/c14-13-4-3-10(6-11(13)7-15)8-18(16)9-12-2-1-5-17-12/h3-4,6,12H,1-2,5,8-9H2. The maximum Gasteiger partial charge on any atom is 0.140 e. The van der Waals surface area contributed by atoms with Crippen LogP contribution in [0.5, 0.6) is 0 Å². The van der Waals surface area contributed by atoms with Gasteiger partial charge in [-0.05, 0) is 30.5 Å². The van der Waals surface area contributed by atoms with E-state index in [9.17, 15) is 8.60 Å². The summed E-state index contributed by atoms with van der Waals surface area (Å²) in [6, 6.07) is 6.06. The first kappa shape index (κ1) is 13.2. The highest BCUT2D eigenvalue weighted by Crippen LogP contribution is 2.16. The topological polar surface area (TPSA) is 50.1 Å². The van der Waals surface area contributed by atoms with Gasteiger partial charge < -0.3 is 4.74 Å². The molecule has 0 saturated carbocycles. The molecule has 0 bridgehead atoms. The predicted octanol–water partition coefficient (Wildman–Crippen LogP) is 2.13. The second-order valence-electron chi connectivity index (χ2n) is 4.31. The van der Waals surface area contributed by atoms with E-state index < -0.39 is 16.6 Å². The van der Waals surface area contributed by atoms with Gasteiger partial charge >= 0.3 is 0 Å². The minimum atomic E-state index is -1.03. The van der Waals surface area contributed by atoms with Crippen LogP contribution in [-0.2, 0) is 21.3 Å². The smallest absolute Gasteiger partial charge is 0.140 e. The lowest BCUT2D eigenvalue weighted by atomic mass is 10.1. The third-order valence-electron chi connectivity index (χ3n) is 2.87. The molecule has 1 aliphatic rings. The van der Waals surface area contributed by atoms with Crippen LogP contribution in [0, 0.1) is 17.1 Å². The number of hydrogen-bond acceptors (Lipinski definition) is 3. The Morgan fingerprint density at radius 2 is 2.39 bits per heavy atom. The van der Waals surface area contributed by atoms with Gasteiger partial charge in [-0.1, -0.05) is 6.07 Å². The molecular formula is C13H14FNO2S. The molecule has 2 unspecified atom stereocenters. The lowest BCUT2D eigenvalue weighted by molar-refractivity contribution is 0.128. The summed E-state index contributed by atoms with van der Waals surface area (Å²) in [7, 11) is -1.03. The molecule has 1 fully saturated rings. The summed E-state index contributed by atoms with van der Waals surface area (Å²) in [5, 5.41) is 8.72. The van der Waals surface area contributed by atoms with Gasteiger partial charge in [0.1, 0.15) is 11.9 Å². The van der Waals surface area contributed by atoms with Crippen molar-refractivity contribution < 1.29 is 13.3 Å². The van der Waals surface area contributed by atoms with Crippen molar-refractivity contribution in [3.05, 3.63) is 35.1 Å². The van der Waals surface area contributed by atoms with E-state index in [0.29, 0.717) is 11.5 Å². The maximum absolute atomic E-state index is 13.1. The van der Waals surface area contributed by atoms with E-state index in [4.69, 9.17) is 10.00 Å². The van der Waals surface area contributed by atoms with Crippen molar-refractivity contribution in [1.29, 1.82) is 5.26 Å². The number of benzene rings is 1. The molecule has 0 N–H and O–H groups in total. The highest BCUT2D eigenvalue weighted by molar-refractivity contribution is 7.84. The van der Waals surface area contributed by atoms with E-state index in [-0.39, 0.29) is 11.7 Å². The van der Waals surface area contributed by atoms with Crippen LogP contribution in [-0.4, -0.2) is 22.7 Å². The lowest BCUT2D eigenvalue weighted by Gasteiger charge is -2.09. The fourth-order valence-electron chi connectivity index (χ4n) is 1.98. The van der Waals surface area contributed by atoms with Gasteiger partial charge in [-0.3, -0.25) is 4.21 Å². The number of nitrogens with zero attached hydrogens (tertiary/aromatic N) is 1. The Morgan fingerprint density at radius 3 is 3.06 bits per heavy atom. The molecule has 18 heavy (non-hydrogen) atoms. The van der Waals surface area contributed by atoms with Crippen molar-refractivity contribution in [1.82, 2.24) is 0 Å². The van der Waals surface area contributed by atoms with E-state index >= 15 is 0 Å². The normalized spacial score (nSPS) is 20.6. The quantitative estimate of drug-likeness (QED) is 0.839. The fraction of sp³-hybridized carbons (Fsp3) is 0.462. The highest BCUT2D eigenvalue weighted by Gasteiger charge is 2.18. The van der Waals surface area contributed by atoms with E-state index in [1.807, 2.05) is 0 Å². The zero-order valence-corrected chi connectivity index (χ0v) is 10.7. The first-order valence-electron chi connectivity index (χ1n) is 5.84. The summed E-state index contributed by atoms with van der Waals surface area (Å²) < 4.78 is 30.4. The van der Waals surface area contributed by atoms with Crippen LogP contribution >= 0.6 is 0 Å². The largest absolute Gasteiger partial charge is 0.377 e. The second-order valence-corrected chi connectivity index (χ2v) is 5.81. The molecule has 1 saturated heterocycles. The summed E-state index contributed by atoms with van der Waals surface area (Å²) in [5.74, 6) is 0.319. The third-order valence-corrected chi connectivity index (χ3v) is 4.27. The van der Waals surface area contributed by atoms with Crippen molar-refractivity contribution in [2.45, 2.75) is 24.7 Å². The number of nitriles is 1. The first-order chi connectivity index (χ1) is 8.69. The SMILES string of the molecule is N#Cc1cc(CS(=O)CC2CCCO2)ccc1F. The third kappa shape index (κ3) is 3.37. The molecule has 1 aromatic rings. The van der Waals surface area contributed by atoms with Gasteiger partial charge in [0.25, 0.3) is 0 Å². The molecule has 1 aliphatic heterocycles. The molecule has 3 nitrogen and oxygen atoms in total. The van der Waals surface area contributed by atoms with Gasteiger partial charge in [0.2, 0.25) is 0 Å².